The number of halogens is 1. The van der Waals surface area contributed by atoms with Crippen LogP contribution in [0.1, 0.15) is 25.8 Å². The van der Waals surface area contributed by atoms with E-state index >= 15 is 0 Å². The summed E-state index contributed by atoms with van der Waals surface area (Å²) < 4.78 is 6.90. The van der Waals surface area contributed by atoms with Gasteiger partial charge in [-0.3, -0.25) is 0 Å². The van der Waals surface area contributed by atoms with Crippen LogP contribution in [0.5, 0.6) is 5.75 Å². The molecule has 1 N–H and O–H groups in total. The highest BCUT2D eigenvalue weighted by atomic mass is 79.9. The van der Waals surface area contributed by atoms with Gasteiger partial charge in [-0.1, -0.05) is 22.9 Å². The SMILES string of the molecule is CCCOc1ccc(Br)cc1CN(CC)c1ccc(-c2nn[nH]n2)nn1. The quantitative estimate of drug-likeness (QED) is 0.600. The number of aromatic nitrogens is 6. The monoisotopic (exact) mass is 417 g/mol. The zero-order chi connectivity index (χ0) is 18.4. The average Bonchev–Trinajstić information content (AvgIpc) is 3.20. The molecule has 0 aliphatic heterocycles. The molecule has 0 spiro atoms. The molecule has 0 radical (unpaired) electrons. The fourth-order valence-electron chi connectivity index (χ4n) is 2.47. The van der Waals surface area contributed by atoms with Crippen LogP contribution in [-0.4, -0.2) is 44.0 Å². The number of aromatic amines is 1. The lowest BCUT2D eigenvalue weighted by Crippen LogP contribution is -2.24. The Balaban J connectivity index is 1.80. The van der Waals surface area contributed by atoms with Crippen molar-refractivity contribution in [2.24, 2.45) is 0 Å². The Bertz CT molecular complexity index is 824. The molecule has 0 atom stereocenters. The van der Waals surface area contributed by atoms with E-state index in [1.807, 2.05) is 24.3 Å². The van der Waals surface area contributed by atoms with Gasteiger partial charge in [-0.05, 0) is 48.9 Å². The summed E-state index contributed by atoms with van der Waals surface area (Å²) in [4.78, 5) is 2.13. The highest BCUT2D eigenvalue weighted by Gasteiger charge is 2.13. The summed E-state index contributed by atoms with van der Waals surface area (Å²) in [6.07, 6.45) is 0.968. The lowest BCUT2D eigenvalue weighted by molar-refractivity contribution is 0.314. The van der Waals surface area contributed by atoms with Crippen molar-refractivity contribution in [2.45, 2.75) is 26.8 Å². The molecule has 136 valence electrons. The van der Waals surface area contributed by atoms with E-state index in [4.69, 9.17) is 4.74 Å². The second kappa shape index (κ2) is 8.70. The fraction of sp³-hybridized carbons (Fsp3) is 0.353. The van der Waals surface area contributed by atoms with E-state index in [-0.39, 0.29) is 0 Å². The lowest BCUT2D eigenvalue weighted by atomic mass is 10.2. The maximum Gasteiger partial charge on any atom is 0.224 e. The van der Waals surface area contributed by atoms with Crippen molar-refractivity contribution in [3.63, 3.8) is 0 Å². The molecule has 3 aromatic rings. The number of benzene rings is 1. The Hall–Kier alpha value is -2.55. The van der Waals surface area contributed by atoms with Crippen LogP contribution >= 0.6 is 15.9 Å². The molecule has 0 saturated heterocycles. The molecule has 0 amide bonds. The van der Waals surface area contributed by atoms with Gasteiger partial charge in [-0.2, -0.15) is 5.21 Å². The second-order valence-corrected chi connectivity index (χ2v) is 6.54. The van der Waals surface area contributed by atoms with Gasteiger partial charge in [0.25, 0.3) is 0 Å². The van der Waals surface area contributed by atoms with E-state index in [0.29, 0.717) is 24.7 Å². The summed E-state index contributed by atoms with van der Waals surface area (Å²) in [6, 6.07) is 9.81. The number of ether oxygens (including phenoxy) is 1. The van der Waals surface area contributed by atoms with E-state index in [1.54, 1.807) is 0 Å². The van der Waals surface area contributed by atoms with Crippen LogP contribution in [-0.2, 0) is 6.54 Å². The molecule has 0 aliphatic carbocycles. The summed E-state index contributed by atoms with van der Waals surface area (Å²) in [7, 11) is 0. The fourth-order valence-corrected chi connectivity index (χ4v) is 2.88. The van der Waals surface area contributed by atoms with E-state index in [9.17, 15) is 0 Å². The molecule has 26 heavy (non-hydrogen) atoms. The summed E-state index contributed by atoms with van der Waals surface area (Å²) in [5.74, 6) is 2.10. The van der Waals surface area contributed by atoms with Gasteiger partial charge in [0.1, 0.15) is 11.4 Å². The zero-order valence-electron chi connectivity index (χ0n) is 14.7. The van der Waals surface area contributed by atoms with Gasteiger partial charge in [0, 0.05) is 23.1 Å². The van der Waals surface area contributed by atoms with Crippen LogP contribution in [0, 0.1) is 0 Å². The van der Waals surface area contributed by atoms with Crippen molar-refractivity contribution in [1.29, 1.82) is 0 Å². The molecule has 2 aromatic heterocycles. The Morgan fingerprint density at radius 3 is 2.65 bits per heavy atom. The molecular formula is C17H20BrN7O. The highest BCUT2D eigenvalue weighted by Crippen LogP contribution is 2.26. The van der Waals surface area contributed by atoms with E-state index in [2.05, 4.69) is 71.6 Å². The maximum atomic E-state index is 5.88. The van der Waals surface area contributed by atoms with Gasteiger partial charge < -0.3 is 9.64 Å². The summed E-state index contributed by atoms with van der Waals surface area (Å²) in [5.41, 5.74) is 1.67. The van der Waals surface area contributed by atoms with Crippen LogP contribution in [0.25, 0.3) is 11.5 Å². The molecular weight excluding hydrogens is 398 g/mol. The molecule has 8 nitrogen and oxygen atoms in total. The highest BCUT2D eigenvalue weighted by molar-refractivity contribution is 9.10. The van der Waals surface area contributed by atoms with Crippen LogP contribution in [0.4, 0.5) is 5.82 Å². The number of tetrazole rings is 1. The summed E-state index contributed by atoms with van der Waals surface area (Å²) in [5, 5.41) is 22.3. The first-order chi connectivity index (χ1) is 12.7. The smallest absolute Gasteiger partial charge is 0.224 e. The Kier molecular flexibility index (Phi) is 6.11. The molecule has 0 bridgehead atoms. The number of nitrogens with zero attached hydrogens (tertiary/aromatic N) is 6. The molecule has 1 aromatic carbocycles. The standard InChI is InChI=1S/C17H20BrN7O/c1-3-9-26-15-7-5-13(18)10-12(15)11-25(4-2)16-8-6-14(19-20-16)17-21-23-24-22-17/h5-8,10H,3-4,9,11H2,1-2H3,(H,21,22,23,24). The Morgan fingerprint density at radius 1 is 1.12 bits per heavy atom. The number of hydrogen-bond acceptors (Lipinski definition) is 7. The van der Waals surface area contributed by atoms with E-state index in [1.165, 1.54) is 0 Å². The second-order valence-electron chi connectivity index (χ2n) is 5.63. The molecule has 0 fully saturated rings. The van der Waals surface area contributed by atoms with Gasteiger partial charge in [0.15, 0.2) is 5.82 Å². The van der Waals surface area contributed by atoms with Crippen molar-refractivity contribution < 1.29 is 4.74 Å². The third-order valence-corrected chi connectivity index (χ3v) is 4.27. The van der Waals surface area contributed by atoms with E-state index < -0.39 is 0 Å². The minimum atomic E-state index is 0.425. The molecule has 2 heterocycles. The molecule has 3 rings (SSSR count). The minimum Gasteiger partial charge on any atom is -0.493 e. The molecule has 9 heteroatoms. The van der Waals surface area contributed by atoms with Crippen molar-refractivity contribution >= 4 is 21.7 Å². The Labute approximate surface area is 160 Å². The Morgan fingerprint density at radius 2 is 2.00 bits per heavy atom. The predicted molar refractivity (Wildman–Crippen MR) is 102 cm³/mol. The minimum absolute atomic E-state index is 0.425. The molecule has 0 saturated carbocycles. The molecule has 0 unspecified atom stereocenters. The van der Waals surface area contributed by atoms with Gasteiger partial charge >= 0.3 is 0 Å². The van der Waals surface area contributed by atoms with Crippen LogP contribution in [0.3, 0.4) is 0 Å². The largest absolute Gasteiger partial charge is 0.493 e. The van der Waals surface area contributed by atoms with Gasteiger partial charge in [-0.15, -0.1) is 20.4 Å². The van der Waals surface area contributed by atoms with Gasteiger partial charge in [0.2, 0.25) is 5.82 Å². The number of hydrogen-bond donors (Lipinski definition) is 1. The summed E-state index contributed by atoms with van der Waals surface area (Å²) >= 11 is 3.54. The van der Waals surface area contributed by atoms with Crippen molar-refractivity contribution in [2.75, 3.05) is 18.1 Å². The molecule has 0 aliphatic rings. The zero-order valence-corrected chi connectivity index (χ0v) is 16.3. The third-order valence-electron chi connectivity index (χ3n) is 3.78. The van der Waals surface area contributed by atoms with Crippen molar-refractivity contribution in [1.82, 2.24) is 30.8 Å². The maximum absolute atomic E-state index is 5.88. The number of H-pyrrole nitrogens is 1. The van der Waals surface area contributed by atoms with E-state index in [0.717, 1.165) is 34.6 Å². The van der Waals surface area contributed by atoms with Crippen molar-refractivity contribution in [3.8, 4) is 17.3 Å². The summed E-state index contributed by atoms with van der Waals surface area (Å²) in [6.45, 7) is 6.33. The first kappa shape index (κ1) is 18.2. The topological polar surface area (TPSA) is 92.7 Å². The average molecular weight is 418 g/mol. The van der Waals surface area contributed by atoms with Crippen LogP contribution < -0.4 is 9.64 Å². The number of rotatable bonds is 8. The van der Waals surface area contributed by atoms with Crippen LogP contribution in [0.2, 0.25) is 0 Å². The van der Waals surface area contributed by atoms with Crippen LogP contribution in [0.15, 0.2) is 34.8 Å². The predicted octanol–water partition coefficient (Wildman–Crippen LogP) is 3.23. The number of anilines is 1. The lowest BCUT2D eigenvalue weighted by Gasteiger charge is -2.23. The normalized spacial score (nSPS) is 10.7. The first-order valence-electron chi connectivity index (χ1n) is 8.45. The number of nitrogens with one attached hydrogen (secondary N) is 1. The first-order valence-corrected chi connectivity index (χ1v) is 9.24. The third kappa shape index (κ3) is 4.34. The van der Waals surface area contributed by atoms with Crippen molar-refractivity contribution in [3.05, 3.63) is 40.4 Å². The van der Waals surface area contributed by atoms with Gasteiger partial charge in [-0.25, -0.2) is 0 Å². The van der Waals surface area contributed by atoms with Gasteiger partial charge in [0.05, 0.1) is 6.61 Å².